The van der Waals surface area contributed by atoms with Crippen molar-refractivity contribution in [3.63, 3.8) is 0 Å². The monoisotopic (exact) mass is 374 g/mol. The van der Waals surface area contributed by atoms with Crippen molar-refractivity contribution < 1.29 is 14.3 Å². The molecule has 1 fully saturated rings. The number of nitrogens with one attached hydrogen (secondary N) is 1. The van der Waals surface area contributed by atoms with Gasteiger partial charge in [0.1, 0.15) is 0 Å². The Morgan fingerprint density at radius 1 is 1.11 bits per heavy atom. The summed E-state index contributed by atoms with van der Waals surface area (Å²) in [5.74, 6) is 0.894. The van der Waals surface area contributed by atoms with Crippen molar-refractivity contribution in [3.05, 3.63) is 34.9 Å². The highest BCUT2D eigenvalue weighted by atomic mass is 16.5. The average Bonchev–Trinajstić information content (AvgIpc) is 2.64. The first-order valence-corrected chi connectivity index (χ1v) is 10.1. The number of methoxy groups -OCH3 is 1. The van der Waals surface area contributed by atoms with Crippen LogP contribution in [0.5, 0.6) is 0 Å². The first-order chi connectivity index (χ1) is 13.0. The number of hydrogen-bond donors (Lipinski definition) is 1. The molecule has 1 aliphatic rings. The highest BCUT2D eigenvalue weighted by Gasteiger charge is 2.23. The van der Waals surface area contributed by atoms with Crippen LogP contribution >= 0.6 is 0 Å². The lowest BCUT2D eigenvalue weighted by Crippen LogP contribution is -2.38. The molecule has 0 aliphatic carbocycles. The number of piperidine rings is 1. The maximum absolute atomic E-state index is 12.5. The van der Waals surface area contributed by atoms with Crippen LogP contribution in [0.15, 0.2) is 18.2 Å². The molecule has 0 unspecified atom stereocenters. The van der Waals surface area contributed by atoms with Crippen molar-refractivity contribution in [2.24, 2.45) is 5.92 Å². The van der Waals surface area contributed by atoms with Gasteiger partial charge in [0.25, 0.3) is 0 Å². The molecule has 0 aromatic heterocycles. The summed E-state index contributed by atoms with van der Waals surface area (Å²) in [6.45, 7) is 6.96. The number of carbonyl (C=O) groups excluding carboxylic acids is 2. The molecule has 0 radical (unpaired) electrons. The number of carbonyl (C=O) groups is 2. The minimum absolute atomic E-state index is 0.0963. The van der Waals surface area contributed by atoms with Crippen LogP contribution < -0.4 is 5.32 Å². The number of aryl methyl sites for hydroxylation is 3. The summed E-state index contributed by atoms with van der Waals surface area (Å²) >= 11 is 0. The summed E-state index contributed by atoms with van der Waals surface area (Å²) in [6.07, 6.45) is 4.86. The molecule has 1 aromatic rings. The van der Waals surface area contributed by atoms with Gasteiger partial charge in [0.15, 0.2) is 0 Å². The standard InChI is InChI=1S/C22H34N2O3/c1-17-14-18(2)16-20(15-17)5-7-22(26)24-11-8-19(9-12-24)4-6-21(25)23-10-13-27-3/h14-16,19H,4-13H2,1-3H3,(H,23,25). The van der Waals surface area contributed by atoms with Gasteiger partial charge in [-0.25, -0.2) is 0 Å². The Morgan fingerprint density at radius 2 is 1.78 bits per heavy atom. The molecular formula is C22H34N2O3. The van der Waals surface area contributed by atoms with E-state index in [4.69, 9.17) is 4.74 Å². The molecule has 0 spiro atoms. The van der Waals surface area contributed by atoms with Gasteiger partial charge in [0.2, 0.25) is 11.8 Å². The molecule has 1 aliphatic heterocycles. The maximum Gasteiger partial charge on any atom is 0.222 e. The summed E-state index contributed by atoms with van der Waals surface area (Å²) in [7, 11) is 1.63. The number of benzene rings is 1. The highest BCUT2D eigenvalue weighted by Crippen LogP contribution is 2.22. The Hall–Kier alpha value is -1.88. The van der Waals surface area contributed by atoms with Crippen LogP contribution in [0.2, 0.25) is 0 Å². The zero-order valence-electron chi connectivity index (χ0n) is 17.1. The van der Waals surface area contributed by atoms with Gasteiger partial charge in [-0.05, 0) is 51.0 Å². The fourth-order valence-electron chi connectivity index (χ4n) is 3.81. The van der Waals surface area contributed by atoms with Gasteiger partial charge in [0, 0.05) is 39.6 Å². The van der Waals surface area contributed by atoms with E-state index in [1.54, 1.807) is 7.11 Å². The Bertz CT molecular complexity index is 602. The van der Waals surface area contributed by atoms with E-state index in [0.717, 1.165) is 38.8 Å². The molecule has 27 heavy (non-hydrogen) atoms. The number of hydrogen-bond acceptors (Lipinski definition) is 3. The molecule has 5 heteroatoms. The van der Waals surface area contributed by atoms with Crippen LogP contribution in [0.4, 0.5) is 0 Å². The molecule has 0 saturated carbocycles. The molecule has 1 N–H and O–H groups in total. The fraction of sp³-hybridized carbons (Fsp3) is 0.636. The van der Waals surface area contributed by atoms with E-state index >= 15 is 0 Å². The van der Waals surface area contributed by atoms with E-state index in [0.29, 0.717) is 31.9 Å². The Labute approximate surface area is 163 Å². The number of amides is 2. The Kier molecular flexibility index (Phi) is 8.79. The lowest BCUT2D eigenvalue weighted by Gasteiger charge is -2.32. The molecule has 1 saturated heterocycles. The molecule has 1 heterocycles. The van der Waals surface area contributed by atoms with Crippen molar-refractivity contribution in [2.45, 2.75) is 52.4 Å². The normalized spacial score (nSPS) is 15.0. The van der Waals surface area contributed by atoms with Crippen molar-refractivity contribution in [3.8, 4) is 0 Å². The molecule has 5 nitrogen and oxygen atoms in total. The second-order valence-electron chi connectivity index (χ2n) is 7.70. The zero-order valence-corrected chi connectivity index (χ0v) is 17.1. The number of ether oxygens (including phenoxy) is 1. The second kappa shape index (κ2) is 11.1. The van der Waals surface area contributed by atoms with E-state index < -0.39 is 0 Å². The van der Waals surface area contributed by atoms with Crippen LogP contribution in [-0.4, -0.2) is 50.1 Å². The number of nitrogens with zero attached hydrogens (tertiary/aromatic N) is 1. The summed E-state index contributed by atoms with van der Waals surface area (Å²) in [6, 6.07) is 6.50. The SMILES string of the molecule is COCCNC(=O)CCC1CCN(C(=O)CCc2cc(C)cc(C)c2)CC1. The van der Waals surface area contributed by atoms with Crippen molar-refractivity contribution in [1.29, 1.82) is 0 Å². The topological polar surface area (TPSA) is 58.6 Å². The van der Waals surface area contributed by atoms with Gasteiger partial charge in [-0.1, -0.05) is 29.3 Å². The Balaban J connectivity index is 1.65. The lowest BCUT2D eigenvalue weighted by atomic mass is 9.91. The molecule has 2 amide bonds. The van der Waals surface area contributed by atoms with Crippen LogP contribution in [0.1, 0.15) is 48.8 Å². The van der Waals surface area contributed by atoms with Crippen molar-refractivity contribution >= 4 is 11.8 Å². The van der Waals surface area contributed by atoms with Gasteiger partial charge in [0.05, 0.1) is 6.61 Å². The van der Waals surface area contributed by atoms with E-state index in [1.165, 1.54) is 16.7 Å². The average molecular weight is 375 g/mol. The predicted molar refractivity (Wildman–Crippen MR) is 108 cm³/mol. The van der Waals surface area contributed by atoms with E-state index in [-0.39, 0.29) is 11.8 Å². The molecule has 0 bridgehead atoms. The quantitative estimate of drug-likeness (QED) is 0.676. The molecule has 1 aromatic carbocycles. The second-order valence-corrected chi connectivity index (χ2v) is 7.70. The Morgan fingerprint density at radius 3 is 2.41 bits per heavy atom. The zero-order chi connectivity index (χ0) is 19.6. The van der Waals surface area contributed by atoms with Crippen molar-refractivity contribution in [1.82, 2.24) is 10.2 Å². The first kappa shape index (κ1) is 21.4. The van der Waals surface area contributed by atoms with Gasteiger partial charge >= 0.3 is 0 Å². The van der Waals surface area contributed by atoms with E-state index in [2.05, 4.69) is 37.4 Å². The minimum Gasteiger partial charge on any atom is -0.383 e. The van der Waals surface area contributed by atoms with Crippen LogP contribution in [0.3, 0.4) is 0 Å². The summed E-state index contributed by atoms with van der Waals surface area (Å²) in [5, 5.41) is 2.86. The lowest BCUT2D eigenvalue weighted by molar-refractivity contribution is -0.132. The number of likely N-dealkylation sites (tertiary alicyclic amines) is 1. The van der Waals surface area contributed by atoms with Gasteiger partial charge in [-0.15, -0.1) is 0 Å². The molecule has 0 atom stereocenters. The van der Waals surface area contributed by atoms with Gasteiger partial charge < -0.3 is 15.0 Å². The largest absolute Gasteiger partial charge is 0.383 e. The van der Waals surface area contributed by atoms with Crippen LogP contribution in [0, 0.1) is 19.8 Å². The molecule has 2 rings (SSSR count). The minimum atomic E-state index is 0.0963. The van der Waals surface area contributed by atoms with E-state index in [9.17, 15) is 9.59 Å². The van der Waals surface area contributed by atoms with Crippen molar-refractivity contribution in [2.75, 3.05) is 33.4 Å². The third kappa shape index (κ3) is 7.71. The third-order valence-electron chi connectivity index (χ3n) is 5.28. The van der Waals surface area contributed by atoms with Gasteiger partial charge in [-0.3, -0.25) is 9.59 Å². The summed E-state index contributed by atoms with van der Waals surface area (Å²) < 4.78 is 4.93. The predicted octanol–water partition coefficient (Wildman–Crippen LogP) is 3.02. The summed E-state index contributed by atoms with van der Waals surface area (Å²) in [4.78, 5) is 26.3. The van der Waals surface area contributed by atoms with Gasteiger partial charge in [-0.2, -0.15) is 0 Å². The highest BCUT2D eigenvalue weighted by molar-refractivity contribution is 5.76. The first-order valence-electron chi connectivity index (χ1n) is 10.1. The molecule has 150 valence electrons. The molecular weight excluding hydrogens is 340 g/mol. The van der Waals surface area contributed by atoms with E-state index in [1.807, 2.05) is 4.90 Å². The smallest absolute Gasteiger partial charge is 0.222 e. The van der Waals surface area contributed by atoms with Crippen LogP contribution in [-0.2, 0) is 20.7 Å². The van der Waals surface area contributed by atoms with Crippen LogP contribution in [0.25, 0.3) is 0 Å². The number of rotatable bonds is 9. The third-order valence-corrected chi connectivity index (χ3v) is 5.28. The summed E-state index contributed by atoms with van der Waals surface area (Å²) in [5.41, 5.74) is 3.75. The maximum atomic E-state index is 12.5. The fourth-order valence-corrected chi connectivity index (χ4v) is 3.81.